The van der Waals surface area contributed by atoms with Crippen molar-refractivity contribution in [3.8, 4) is 5.75 Å². The van der Waals surface area contributed by atoms with Crippen LogP contribution in [-0.4, -0.2) is 30.3 Å². The molecule has 1 aromatic carbocycles. The minimum atomic E-state index is -0.685. The van der Waals surface area contributed by atoms with Crippen molar-refractivity contribution < 1.29 is 19.0 Å². The van der Waals surface area contributed by atoms with Crippen molar-refractivity contribution in [3.05, 3.63) is 29.6 Å². The third-order valence-electron chi connectivity index (χ3n) is 3.22. The van der Waals surface area contributed by atoms with Gasteiger partial charge >= 0.3 is 0 Å². The molecule has 19 heavy (non-hydrogen) atoms. The fourth-order valence-electron chi connectivity index (χ4n) is 1.91. The highest BCUT2D eigenvalue weighted by Gasteiger charge is 2.34. The number of benzene rings is 1. The van der Waals surface area contributed by atoms with Crippen LogP contribution in [0.5, 0.6) is 5.75 Å². The molecular weight excluding hydrogens is 315 g/mol. The Balaban J connectivity index is 2.00. The number of halogens is 2. The van der Waals surface area contributed by atoms with Gasteiger partial charge in [0.2, 0.25) is 0 Å². The highest BCUT2D eigenvalue weighted by molar-refractivity contribution is 9.09. The summed E-state index contributed by atoms with van der Waals surface area (Å²) in [5.41, 5.74) is 0.574. The van der Waals surface area contributed by atoms with E-state index >= 15 is 0 Å². The number of aliphatic hydroxyl groups excluding tert-OH is 1. The summed E-state index contributed by atoms with van der Waals surface area (Å²) >= 11 is 3.48. The first kappa shape index (κ1) is 14.8. The summed E-state index contributed by atoms with van der Waals surface area (Å²) in [6.45, 7) is 0.716. The summed E-state index contributed by atoms with van der Waals surface area (Å²) in [5, 5.41) is 10.2. The second-order valence-electron chi connectivity index (χ2n) is 4.76. The molecule has 2 unspecified atom stereocenters. The molecule has 1 saturated carbocycles. The Morgan fingerprint density at radius 2 is 2.16 bits per heavy atom. The van der Waals surface area contributed by atoms with Crippen LogP contribution >= 0.6 is 15.9 Å². The predicted octanol–water partition coefficient (Wildman–Crippen LogP) is 3.06. The summed E-state index contributed by atoms with van der Waals surface area (Å²) < 4.78 is 23.9. The normalized spacial score (nSPS) is 18.1. The summed E-state index contributed by atoms with van der Waals surface area (Å²) in [4.78, 5) is -0.00726. The minimum absolute atomic E-state index is 0.00726. The van der Waals surface area contributed by atoms with E-state index in [1.807, 2.05) is 0 Å². The summed E-state index contributed by atoms with van der Waals surface area (Å²) in [6, 6.07) is 4.59. The molecule has 106 valence electrons. The van der Waals surface area contributed by atoms with Gasteiger partial charge in [0.1, 0.15) is 6.61 Å². The van der Waals surface area contributed by atoms with Crippen LogP contribution in [0.3, 0.4) is 0 Å². The zero-order valence-corrected chi connectivity index (χ0v) is 12.4. The van der Waals surface area contributed by atoms with E-state index in [0.717, 1.165) is 12.8 Å². The largest absolute Gasteiger partial charge is 0.488 e. The second-order valence-corrected chi connectivity index (χ2v) is 5.82. The molecule has 0 heterocycles. The van der Waals surface area contributed by atoms with E-state index in [1.165, 1.54) is 6.07 Å². The molecule has 2 atom stereocenters. The van der Waals surface area contributed by atoms with Crippen LogP contribution in [0, 0.1) is 11.7 Å². The maximum Gasteiger partial charge on any atom is 0.165 e. The molecule has 5 heteroatoms. The summed E-state index contributed by atoms with van der Waals surface area (Å²) in [6.07, 6.45) is 1.55. The van der Waals surface area contributed by atoms with Gasteiger partial charge in [-0.05, 0) is 36.5 Å². The number of alkyl halides is 1. The Labute approximate surface area is 120 Å². The first-order valence-electron chi connectivity index (χ1n) is 6.36. The Morgan fingerprint density at radius 1 is 1.42 bits per heavy atom. The molecular formula is C14H18BrFO3. The van der Waals surface area contributed by atoms with E-state index in [1.54, 1.807) is 19.2 Å². The Morgan fingerprint density at radius 3 is 2.74 bits per heavy atom. The standard InChI is InChI=1S/C14H18BrFO3/c1-18-6-7-19-12-5-4-10(8-11(12)16)14(17)13(15)9-2-3-9/h4-5,8-9,13-14,17H,2-3,6-7H2,1H3. The first-order valence-corrected chi connectivity index (χ1v) is 7.28. The average Bonchev–Trinajstić information content (AvgIpc) is 3.23. The molecule has 0 spiro atoms. The van der Waals surface area contributed by atoms with Crippen LogP contribution in [-0.2, 0) is 4.74 Å². The van der Waals surface area contributed by atoms with Crippen molar-refractivity contribution in [1.29, 1.82) is 0 Å². The molecule has 1 aliphatic rings. The van der Waals surface area contributed by atoms with Gasteiger partial charge in [-0.25, -0.2) is 4.39 Å². The van der Waals surface area contributed by atoms with Gasteiger partial charge in [-0.3, -0.25) is 0 Å². The summed E-state index contributed by atoms with van der Waals surface area (Å²) in [5.74, 6) is 0.226. The van der Waals surface area contributed by atoms with Gasteiger partial charge in [-0.2, -0.15) is 0 Å². The molecule has 2 rings (SSSR count). The minimum Gasteiger partial charge on any atom is -0.488 e. The molecule has 1 aromatic rings. The van der Waals surface area contributed by atoms with Gasteiger partial charge in [0, 0.05) is 11.9 Å². The lowest BCUT2D eigenvalue weighted by Crippen LogP contribution is -2.14. The SMILES string of the molecule is COCCOc1ccc(C(O)C(Br)C2CC2)cc1F. The molecule has 1 fully saturated rings. The van der Waals surface area contributed by atoms with Crippen molar-refractivity contribution in [1.82, 2.24) is 0 Å². The highest BCUT2D eigenvalue weighted by Crippen LogP contribution is 2.42. The molecule has 0 saturated heterocycles. The van der Waals surface area contributed by atoms with Gasteiger partial charge in [0.05, 0.1) is 12.7 Å². The van der Waals surface area contributed by atoms with E-state index in [0.29, 0.717) is 24.7 Å². The monoisotopic (exact) mass is 332 g/mol. The van der Waals surface area contributed by atoms with Crippen LogP contribution in [0.15, 0.2) is 18.2 Å². The molecule has 0 radical (unpaired) electrons. The predicted molar refractivity (Wildman–Crippen MR) is 74.2 cm³/mol. The number of ether oxygens (including phenoxy) is 2. The van der Waals surface area contributed by atoms with Gasteiger partial charge < -0.3 is 14.6 Å². The maximum atomic E-state index is 13.8. The number of hydrogen-bond donors (Lipinski definition) is 1. The molecule has 1 aliphatic carbocycles. The van der Waals surface area contributed by atoms with E-state index in [2.05, 4.69) is 15.9 Å². The van der Waals surface area contributed by atoms with E-state index in [4.69, 9.17) is 9.47 Å². The van der Waals surface area contributed by atoms with Gasteiger partial charge in [-0.15, -0.1) is 0 Å². The van der Waals surface area contributed by atoms with Crippen molar-refractivity contribution in [2.24, 2.45) is 5.92 Å². The molecule has 0 aromatic heterocycles. The van der Waals surface area contributed by atoms with Gasteiger partial charge in [-0.1, -0.05) is 22.0 Å². The van der Waals surface area contributed by atoms with Crippen molar-refractivity contribution in [3.63, 3.8) is 0 Å². The fraction of sp³-hybridized carbons (Fsp3) is 0.571. The van der Waals surface area contributed by atoms with Crippen LogP contribution in [0.25, 0.3) is 0 Å². The molecule has 0 bridgehead atoms. The number of hydrogen-bond acceptors (Lipinski definition) is 3. The maximum absolute atomic E-state index is 13.8. The van der Waals surface area contributed by atoms with E-state index in [9.17, 15) is 9.50 Å². The van der Waals surface area contributed by atoms with E-state index in [-0.39, 0.29) is 10.6 Å². The topological polar surface area (TPSA) is 38.7 Å². The van der Waals surface area contributed by atoms with E-state index < -0.39 is 11.9 Å². The molecule has 0 aliphatic heterocycles. The summed E-state index contributed by atoms with van der Waals surface area (Å²) in [7, 11) is 1.56. The fourth-order valence-corrected chi connectivity index (χ4v) is 2.74. The molecule has 3 nitrogen and oxygen atoms in total. The average molecular weight is 333 g/mol. The Hall–Kier alpha value is -0.650. The number of methoxy groups -OCH3 is 1. The zero-order valence-electron chi connectivity index (χ0n) is 10.8. The molecule has 0 amide bonds. The third-order valence-corrected chi connectivity index (χ3v) is 4.46. The zero-order chi connectivity index (χ0) is 13.8. The van der Waals surface area contributed by atoms with Crippen LogP contribution in [0.2, 0.25) is 0 Å². The first-order chi connectivity index (χ1) is 9.13. The van der Waals surface area contributed by atoms with Gasteiger partial charge in [0.15, 0.2) is 11.6 Å². The number of aliphatic hydroxyl groups is 1. The smallest absolute Gasteiger partial charge is 0.165 e. The lowest BCUT2D eigenvalue weighted by Gasteiger charge is -2.18. The van der Waals surface area contributed by atoms with Crippen molar-refractivity contribution in [2.75, 3.05) is 20.3 Å². The third kappa shape index (κ3) is 3.91. The Kier molecular flexibility index (Phi) is 5.19. The lowest BCUT2D eigenvalue weighted by molar-refractivity contribution is 0.143. The van der Waals surface area contributed by atoms with Crippen molar-refractivity contribution >= 4 is 15.9 Å². The van der Waals surface area contributed by atoms with Crippen LogP contribution in [0.4, 0.5) is 4.39 Å². The lowest BCUT2D eigenvalue weighted by atomic mass is 10.0. The van der Waals surface area contributed by atoms with Crippen LogP contribution < -0.4 is 4.74 Å². The molecule has 1 N–H and O–H groups in total. The van der Waals surface area contributed by atoms with Crippen molar-refractivity contribution in [2.45, 2.75) is 23.8 Å². The highest BCUT2D eigenvalue weighted by atomic mass is 79.9. The van der Waals surface area contributed by atoms with Crippen LogP contribution in [0.1, 0.15) is 24.5 Å². The van der Waals surface area contributed by atoms with Gasteiger partial charge in [0.25, 0.3) is 0 Å². The number of rotatable bonds is 7. The second kappa shape index (κ2) is 6.68. The quantitative estimate of drug-likeness (QED) is 0.616. The Bertz CT molecular complexity index is 423.